The molecular formula is C20H15ClN2O2. The average molecular weight is 351 g/mol. The highest BCUT2D eigenvalue weighted by atomic mass is 35.5. The van der Waals surface area contributed by atoms with Crippen LogP contribution in [0.15, 0.2) is 83.6 Å². The van der Waals surface area contributed by atoms with E-state index in [1.165, 1.54) is 11.2 Å². The van der Waals surface area contributed by atoms with Gasteiger partial charge in [-0.05, 0) is 42.5 Å². The van der Waals surface area contributed by atoms with Crippen molar-refractivity contribution in [3.05, 3.63) is 94.8 Å². The van der Waals surface area contributed by atoms with Crippen molar-refractivity contribution < 1.29 is 9.59 Å². The van der Waals surface area contributed by atoms with Gasteiger partial charge in [-0.3, -0.25) is 14.5 Å². The van der Waals surface area contributed by atoms with Crippen LogP contribution in [0.3, 0.4) is 0 Å². The number of rotatable bonds is 4. The summed E-state index contributed by atoms with van der Waals surface area (Å²) in [6.07, 6.45) is 3.18. The zero-order valence-electron chi connectivity index (χ0n) is 13.4. The highest BCUT2D eigenvalue weighted by molar-refractivity contribution is 6.30. The van der Waals surface area contributed by atoms with Crippen LogP contribution in [0.5, 0.6) is 0 Å². The Bertz CT molecular complexity index is 884. The van der Waals surface area contributed by atoms with Crippen LogP contribution in [-0.4, -0.2) is 22.9 Å². The van der Waals surface area contributed by atoms with E-state index < -0.39 is 0 Å². The number of halogens is 1. The van der Waals surface area contributed by atoms with Gasteiger partial charge in [0.05, 0.1) is 12.1 Å². The molecule has 5 heteroatoms. The Morgan fingerprint density at radius 2 is 1.68 bits per heavy atom. The summed E-state index contributed by atoms with van der Waals surface area (Å²) in [7, 11) is 0. The number of aliphatic imine (C=N–C) groups is 1. The van der Waals surface area contributed by atoms with Crippen molar-refractivity contribution in [1.29, 1.82) is 0 Å². The highest BCUT2D eigenvalue weighted by Gasteiger charge is 2.20. The van der Waals surface area contributed by atoms with E-state index in [2.05, 4.69) is 11.6 Å². The second kappa shape index (κ2) is 7.28. The first-order valence-corrected chi connectivity index (χ1v) is 8.03. The predicted molar refractivity (Wildman–Crippen MR) is 98.7 cm³/mol. The fourth-order valence-electron chi connectivity index (χ4n) is 2.41. The lowest BCUT2D eigenvalue weighted by Crippen LogP contribution is -2.29. The molecule has 1 amide bonds. The molecule has 0 atom stereocenters. The number of hydrogen-bond acceptors (Lipinski definition) is 3. The van der Waals surface area contributed by atoms with Gasteiger partial charge in [0.1, 0.15) is 6.34 Å². The zero-order chi connectivity index (χ0) is 17.8. The monoisotopic (exact) mass is 350 g/mol. The van der Waals surface area contributed by atoms with Gasteiger partial charge < -0.3 is 0 Å². The van der Waals surface area contributed by atoms with Crippen LogP contribution < -0.4 is 0 Å². The van der Waals surface area contributed by atoms with E-state index in [0.29, 0.717) is 27.5 Å². The van der Waals surface area contributed by atoms with E-state index in [1.54, 1.807) is 54.6 Å². The minimum atomic E-state index is -0.214. The largest absolute Gasteiger partial charge is 0.294 e. The van der Waals surface area contributed by atoms with Crippen LogP contribution in [-0.2, 0) is 0 Å². The van der Waals surface area contributed by atoms with Crippen LogP contribution in [0.2, 0.25) is 5.02 Å². The minimum absolute atomic E-state index is 0.0734. The summed E-state index contributed by atoms with van der Waals surface area (Å²) in [4.78, 5) is 30.3. The van der Waals surface area contributed by atoms with Crippen molar-refractivity contribution in [2.45, 2.75) is 6.42 Å². The number of benzene rings is 2. The molecule has 124 valence electrons. The Balaban J connectivity index is 1.70. The van der Waals surface area contributed by atoms with Gasteiger partial charge in [-0.2, -0.15) is 0 Å². The molecule has 25 heavy (non-hydrogen) atoms. The van der Waals surface area contributed by atoms with Gasteiger partial charge in [-0.15, -0.1) is 0 Å². The van der Waals surface area contributed by atoms with Crippen molar-refractivity contribution in [2.75, 3.05) is 0 Å². The molecule has 1 aliphatic heterocycles. The van der Waals surface area contributed by atoms with Gasteiger partial charge in [0.15, 0.2) is 5.78 Å². The maximum atomic E-state index is 12.5. The van der Waals surface area contributed by atoms with Crippen molar-refractivity contribution in [3.8, 4) is 0 Å². The number of Topliss-reactive ketones (excluding diaryl/α,β-unsaturated/α-hetero) is 1. The Morgan fingerprint density at radius 1 is 1.00 bits per heavy atom. The molecule has 0 radical (unpaired) electrons. The molecule has 4 nitrogen and oxygen atoms in total. The number of allylic oxidation sites excluding steroid dienone is 2. The van der Waals surface area contributed by atoms with Crippen LogP contribution >= 0.6 is 11.6 Å². The number of hydrogen-bond donors (Lipinski definition) is 0. The second-order valence-electron chi connectivity index (χ2n) is 5.52. The number of amides is 1. The third-order valence-electron chi connectivity index (χ3n) is 3.73. The lowest BCUT2D eigenvalue weighted by molar-refractivity contribution is 0.0884. The van der Waals surface area contributed by atoms with Gasteiger partial charge in [-0.1, -0.05) is 36.4 Å². The van der Waals surface area contributed by atoms with E-state index in [0.717, 1.165) is 0 Å². The summed E-state index contributed by atoms with van der Waals surface area (Å²) < 4.78 is 0. The second-order valence-corrected chi connectivity index (χ2v) is 5.96. The molecule has 0 aromatic heterocycles. The lowest BCUT2D eigenvalue weighted by atomic mass is 10.1. The summed E-state index contributed by atoms with van der Waals surface area (Å²) in [6, 6.07) is 15.6. The van der Waals surface area contributed by atoms with Gasteiger partial charge in [-0.25, -0.2) is 4.99 Å². The van der Waals surface area contributed by atoms with Crippen molar-refractivity contribution in [1.82, 2.24) is 4.90 Å². The highest BCUT2D eigenvalue weighted by Crippen LogP contribution is 2.20. The number of carbonyl (C=O) groups is 2. The maximum absolute atomic E-state index is 12.5. The lowest BCUT2D eigenvalue weighted by Gasteiger charge is -2.22. The first kappa shape index (κ1) is 16.9. The number of carbonyl (C=O) groups excluding carboxylic acids is 2. The molecule has 3 rings (SSSR count). The van der Waals surface area contributed by atoms with E-state index in [4.69, 9.17) is 11.6 Å². The summed E-state index contributed by atoms with van der Waals surface area (Å²) in [5.41, 5.74) is 2.14. The fraction of sp³-hybridized carbons (Fsp3) is 0.0500. The summed E-state index contributed by atoms with van der Waals surface area (Å²) in [5.74, 6) is -0.288. The third-order valence-corrected chi connectivity index (χ3v) is 3.98. The summed E-state index contributed by atoms with van der Waals surface area (Å²) >= 11 is 5.83. The molecule has 0 N–H and O–H groups in total. The number of nitrogens with zero attached hydrogens (tertiary/aromatic N) is 2. The SMILES string of the molecule is C=C1C=C(CC(=O)c2ccc(Cl)cc2)N=CN1C(=O)c1ccccc1. The molecule has 1 heterocycles. The standard InChI is InChI=1S/C20H15ClN2O2/c1-14-11-18(12-19(24)15-7-9-17(21)10-8-15)22-13-23(14)20(25)16-5-3-2-4-6-16/h2-11,13H,1,12H2. The number of ketones is 1. The summed E-state index contributed by atoms with van der Waals surface area (Å²) in [5, 5.41) is 0.579. The van der Waals surface area contributed by atoms with Gasteiger partial charge in [0.25, 0.3) is 5.91 Å². The van der Waals surface area contributed by atoms with E-state index >= 15 is 0 Å². The Morgan fingerprint density at radius 3 is 2.32 bits per heavy atom. The van der Waals surface area contributed by atoms with Crippen LogP contribution in [0.4, 0.5) is 0 Å². The quantitative estimate of drug-likeness (QED) is 0.762. The van der Waals surface area contributed by atoms with Gasteiger partial charge >= 0.3 is 0 Å². The van der Waals surface area contributed by atoms with Crippen molar-refractivity contribution in [3.63, 3.8) is 0 Å². The van der Waals surface area contributed by atoms with Gasteiger partial charge in [0.2, 0.25) is 0 Å². The maximum Gasteiger partial charge on any atom is 0.263 e. The van der Waals surface area contributed by atoms with E-state index in [-0.39, 0.29) is 18.1 Å². The molecule has 0 spiro atoms. The van der Waals surface area contributed by atoms with Crippen molar-refractivity contribution >= 4 is 29.6 Å². The van der Waals surface area contributed by atoms with E-state index in [1.807, 2.05) is 6.07 Å². The van der Waals surface area contributed by atoms with Crippen molar-refractivity contribution in [2.24, 2.45) is 4.99 Å². The molecule has 2 aromatic carbocycles. The topological polar surface area (TPSA) is 49.7 Å². The molecule has 1 aliphatic rings. The average Bonchev–Trinajstić information content (AvgIpc) is 2.62. The van der Waals surface area contributed by atoms with Crippen LogP contribution in [0.25, 0.3) is 0 Å². The summed E-state index contributed by atoms with van der Waals surface area (Å²) in [6.45, 7) is 3.89. The third kappa shape index (κ3) is 3.92. The molecule has 0 aliphatic carbocycles. The molecule has 0 unspecified atom stereocenters. The smallest absolute Gasteiger partial charge is 0.263 e. The van der Waals surface area contributed by atoms with Crippen LogP contribution in [0.1, 0.15) is 27.1 Å². The molecule has 0 bridgehead atoms. The van der Waals surface area contributed by atoms with E-state index in [9.17, 15) is 9.59 Å². The molecular weight excluding hydrogens is 336 g/mol. The molecule has 0 saturated heterocycles. The first-order valence-electron chi connectivity index (χ1n) is 7.65. The first-order chi connectivity index (χ1) is 12.0. The normalized spacial score (nSPS) is 13.6. The fourth-order valence-corrected chi connectivity index (χ4v) is 2.53. The molecule has 2 aromatic rings. The Labute approximate surface area is 150 Å². The Kier molecular flexibility index (Phi) is 4.91. The Hall–Kier alpha value is -2.98. The van der Waals surface area contributed by atoms with Crippen LogP contribution in [0, 0.1) is 0 Å². The van der Waals surface area contributed by atoms with Gasteiger partial charge in [0, 0.05) is 21.8 Å². The minimum Gasteiger partial charge on any atom is -0.294 e. The molecule has 0 fully saturated rings. The zero-order valence-corrected chi connectivity index (χ0v) is 14.1. The predicted octanol–water partition coefficient (Wildman–Crippen LogP) is 4.49. The molecule has 0 saturated carbocycles.